The van der Waals surface area contributed by atoms with Crippen molar-refractivity contribution in [1.82, 2.24) is 5.32 Å². The number of carbonyl (C=O) groups excluding carboxylic acids is 2. The number of hydrogen-bond acceptors (Lipinski definition) is 5. The summed E-state index contributed by atoms with van der Waals surface area (Å²) in [5, 5.41) is 8.61. The summed E-state index contributed by atoms with van der Waals surface area (Å²) in [7, 11) is 0. The average Bonchev–Trinajstić information content (AvgIpc) is 2.72. The van der Waals surface area contributed by atoms with Gasteiger partial charge >= 0.3 is 5.97 Å². The van der Waals surface area contributed by atoms with E-state index in [0.717, 1.165) is 22.3 Å². The maximum Gasteiger partial charge on any atom is 0.331 e. The number of fused-ring (bicyclic) bond motifs is 2. The molecule has 0 spiro atoms. The summed E-state index contributed by atoms with van der Waals surface area (Å²) in [6.07, 6.45) is 0. The van der Waals surface area contributed by atoms with E-state index >= 15 is 0 Å². The maximum atomic E-state index is 12.4. The van der Waals surface area contributed by atoms with Gasteiger partial charge in [-0.15, -0.1) is 0 Å². The number of nitrogens with zero attached hydrogens (tertiary/aromatic N) is 1. The number of amides is 1. The van der Waals surface area contributed by atoms with Crippen molar-refractivity contribution in [2.45, 2.75) is 6.92 Å². The molecule has 0 fully saturated rings. The number of esters is 1. The zero-order valence-electron chi connectivity index (χ0n) is 16.3. The van der Waals surface area contributed by atoms with Gasteiger partial charge in [-0.25, -0.2) is 4.79 Å². The summed E-state index contributed by atoms with van der Waals surface area (Å²) in [6.45, 7) is 3.24. The fraction of sp³-hybridized carbons (Fsp3) is 0.217. The Labute approximate surface area is 169 Å². The third kappa shape index (κ3) is 4.32. The van der Waals surface area contributed by atoms with Crippen LogP contribution in [0.15, 0.2) is 60.7 Å². The first-order chi connectivity index (χ1) is 14.1. The molecule has 1 amide bonds. The molecular formula is C23H23N3O3. The largest absolute Gasteiger partial charge is 0.423 e. The summed E-state index contributed by atoms with van der Waals surface area (Å²) >= 11 is 0. The number of carbonyl (C=O) groups is 2. The van der Waals surface area contributed by atoms with Crippen LogP contribution < -0.4 is 20.3 Å². The SMILES string of the molecule is Cc1ccc2c(c1)N(CC(=O)NCCNc1cccc3ccccc13)CC(=O)O2. The molecule has 4 rings (SSSR count). The molecule has 0 atom stereocenters. The molecule has 0 saturated heterocycles. The van der Waals surface area contributed by atoms with Crippen molar-refractivity contribution in [2.75, 3.05) is 36.4 Å². The molecule has 3 aromatic carbocycles. The zero-order chi connectivity index (χ0) is 20.2. The third-order valence-corrected chi connectivity index (χ3v) is 4.89. The molecule has 148 valence electrons. The highest BCUT2D eigenvalue weighted by Crippen LogP contribution is 2.32. The second-order valence-corrected chi connectivity index (χ2v) is 7.10. The molecule has 1 aliphatic rings. The van der Waals surface area contributed by atoms with E-state index in [9.17, 15) is 9.59 Å². The Hall–Kier alpha value is -3.54. The molecule has 3 aromatic rings. The van der Waals surface area contributed by atoms with Crippen LogP contribution in [0.25, 0.3) is 10.8 Å². The molecular weight excluding hydrogens is 366 g/mol. The van der Waals surface area contributed by atoms with Crippen molar-refractivity contribution < 1.29 is 14.3 Å². The lowest BCUT2D eigenvalue weighted by molar-refractivity contribution is -0.133. The fourth-order valence-electron chi connectivity index (χ4n) is 3.51. The lowest BCUT2D eigenvalue weighted by Crippen LogP contribution is -2.44. The molecule has 6 heteroatoms. The Kier molecular flexibility index (Phi) is 5.33. The molecule has 0 aromatic heterocycles. The standard InChI is InChI=1S/C23H23N3O3/c1-16-9-10-21-20(13-16)26(15-23(28)29-21)14-22(27)25-12-11-24-19-8-4-6-17-5-2-3-7-18(17)19/h2-10,13,24H,11-12,14-15H2,1H3,(H,25,27). The van der Waals surface area contributed by atoms with Crippen LogP contribution in [0.4, 0.5) is 11.4 Å². The van der Waals surface area contributed by atoms with Crippen molar-refractivity contribution in [3.05, 3.63) is 66.2 Å². The van der Waals surface area contributed by atoms with Gasteiger partial charge in [0.1, 0.15) is 6.54 Å². The van der Waals surface area contributed by atoms with Crippen LogP contribution in [0.5, 0.6) is 5.75 Å². The van der Waals surface area contributed by atoms with Crippen LogP contribution in [0.3, 0.4) is 0 Å². The minimum Gasteiger partial charge on any atom is -0.423 e. The molecule has 6 nitrogen and oxygen atoms in total. The molecule has 2 N–H and O–H groups in total. The first kappa shape index (κ1) is 18.8. The predicted octanol–water partition coefficient (Wildman–Crippen LogP) is 3.10. The minimum atomic E-state index is -0.355. The van der Waals surface area contributed by atoms with Crippen LogP contribution in [0.1, 0.15) is 5.56 Å². The van der Waals surface area contributed by atoms with Gasteiger partial charge in [-0.05, 0) is 36.1 Å². The number of benzene rings is 3. The van der Waals surface area contributed by atoms with Crippen LogP contribution in [0.2, 0.25) is 0 Å². The highest BCUT2D eigenvalue weighted by atomic mass is 16.5. The van der Waals surface area contributed by atoms with E-state index in [1.807, 2.05) is 43.3 Å². The van der Waals surface area contributed by atoms with Crippen molar-refractivity contribution in [2.24, 2.45) is 0 Å². The highest BCUT2D eigenvalue weighted by molar-refractivity contribution is 5.94. The lowest BCUT2D eigenvalue weighted by Gasteiger charge is -2.29. The highest BCUT2D eigenvalue weighted by Gasteiger charge is 2.25. The van der Waals surface area contributed by atoms with E-state index < -0.39 is 0 Å². The first-order valence-corrected chi connectivity index (χ1v) is 9.65. The smallest absolute Gasteiger partial charge is 0.331 e. The monoisotopic (exact) mass is 389 g/mol. The molecule has 1 heterocycles. The van der Waals surface area contributed by atoms with E-state index in [4.69, 9.17) is 4.74 Å². The van der Waals surface area contributed by atoms with E-state index in [1.54, 1.807) is 11.0 Å². The third-order valence-electron chi connectivity index (χ3n) is 4.89. The van der Waals surface area contributed by atoms with Crippen LogP contribution >= 0.6 is 0 Å². The number of ether oxygens (including phenoxy) is 1. The Morgan fingerprint density at radius 1 is 1.07 bits per heavy atom. The predicted molar refractivity (Wildman–Crippen MR) is 114 cm³/mol. The van der Waals surface area contributed by atoms with E-state index in [0.29, 0.717) is 18.8 Å². The minimum absolute atomic E-state index is 0.0676. The summed E-state index contributed by atoms with van der Waals surface area (Å²) in [4.78, 5) is 26.0. The van der Waals surface area contributed by atoms with Crippen molar-refractivity contribution >= 4 is 34.0 Å². The van der Waals surface area contributed by atoms with Crippen LogP contribution in [-0.2, 0) is 9.59 Å². The molecule has 0 saturated carbocycles. The summed E-state index contributed by atoms with van der Waals surface area (Å²) in [5.41, 5.74) is 2.86. The fourth-order valence-corrected chi connectivity index (χ4v) is 3.51. The second-order valence-electron chi connectivity index (χ2n) is 7.10. The van der Waals surface area contributed by atoms with Crippen LogP contribution in [0, 0.1) is 6.92 Å². The van der Waals surface area contributed by atoms with Crippen molar-refractivity contribution in [1.29, 1.82) is 0 Å². The Balaban J connectivity index is 1.32. The Morgan fingerprint density at radius 3 is 2.79 bits per heavy atom. The topological polar surface area (TPSA) is 70.7 Å². The summed E-state index contributed by atoms with van der Waals surface area (Å²) < 4.78 is 5.26. The molecule has 0 unspecified atom stereocenters. The molecule has 0 radical (unpaired) electrons. The Bertz CT molecular complexity index is 1060. The van der Waals surface area contributed by atoms with Gasteiger partial charge in [0.2, 0.25) is 5.91 Å². The number of anilines is 2. The molecule has 0 aliphatic carbocycles. The number of rotatable bonds is 6. The maximum absolute atomic E-state index is 12.4. The van der Waals surface area contributed by atoms with Gasteiger partial charge in [-0.1, -0.05) is 42.5 Å². The van der Waals surface area contributed by atoms with Crippen molar-refractivity contribution in [3.63, 3.8) is 0 Å². The van der Waals surface area contributed by atoms with Gasteiger partial charge in [0, 0.05) is 24.2 Å². The summed E-state index contributed by atoms with van der Waals surface area (Å²) in [5.74, 6) is 0.0101. The van der Waals surface area contributed by atoms with Gasteiger partial charge in [0.15, 0.2) is 5.75 Å². The number of aryl methyl sites for hydroxylation is 1. The quantitative estimate of drug-likeness (QED) is 0.385. The van der Waals surface area contributed by atoms with Gasteiger partial charge < -0.3 is 20.3 Å². The summed E-state index contributed by atoms with van der Waals surface area (Å²) in [6, 6.07) is 19.9. The van der Waals surface area contributed by atoms with Crippen molar-refractivity contribution in [3.8, 4) is 5.75 Å². The van der Waals surface area contributed by atoms with E-state index in [1.165, 1.54) is 5.39 Å². The average molecular weight is 389 g/mol. The number of hydrogen-bond donors (Lipinski definition) is 2. The Morgan fingerprint density at radius 2 is 1.90 bits per heavy atom. The second kappa shape index (κ2) is 8.22. The first-order valence-electron chi connectivity index (χ1n) is 9.65. The van der Waals surface area contributed by atoms with Gasteiger partial charge in [0.25, 0.3) is 0 Å². The zero-order valence-corrected chi connectivity index (χ0v) is 16.3. The number of nitrogens with one attached hydrogen (secondary N) is 2. The molecule has 29 heavy (non-hydrogen) atoms. The molecule has 1 aliphatic heterocycles. The molecule has 0 bridgehead atoms. The van der Waals surface area contributed by atoms with Gasteiger partial charge in [0.05, 0.1) is 12.2 Å². The lowest BCUT2D eigenvalue weighted by atomic mass is 10.1. The van der Waals surface area contributed by atoms with E-state index in [-0.39, 0.29) is 25.0 Å². The van der Waals surface area contributed by atoms with Gasteiger partial charge in [-0.2, -0.15) is 0 Å². The van der Waals surface area contributed by atoms with Crippen LogP contribution in [-0.4, -0.2) is 38.1 Å². The van der Waals surface area contributed by atoms with Gasteiger partial charge in [-0.3, -0.25) is 4.79 Å². The van der Waals surface area contributed by atoms with E-state index in [2.05, 4.69) is 28.8 Å². The normalized spacial score (nSPS) is 13.0.